The van der Waals surface area contributed by atoms with Crippen LogP contribution in [0.25, 0.3) is 22.0 Å². The molecule has 7 nitrogen and oxygen atoms in total. The zero-order chi connectivity index (χ0) is 21.9. The highest BCUT2D eigenvalue weighted by molar-refractivity contribution is 7.07. The van der Waals surface area contributed by atoms with E-state index in [4.69, 9.17) is 9.41 Å². The Hall–Kier alpha value is -3.52. The molecule has 162 valence electrons. The van der Waals surface area contributed by atoms with Gasteiger partial charge in [0.1, 0.15) is 4.92 Å². The standard InChI is InChI=1S/C24H22N4O3S/c29-28(30)23-14-13-19(31-23)15-25-27-22(16-32-24(27)26-18-9-2-1-3-10-18)21-12-6-8-17-7-4-5-11-20(17)21/h4-8,11-16,18H,1-3,9-10H2. The highest BCUT2D eigenvalue weighted by Crippen LogP contribution is 2.29. The van der Waals surface area contributed by atoms with E-state index in [1.54, 1.807) is 17.4 Å². The van der Waals surface area contributed by atoms with Crippen LogP contribution in [0.5, 0.6) is 0 Å². The smallest absolute Gasteiger partial charge is 0.400 e. The summed E-state index contributed by atoms with van der Waals surface area (Å²) in [6.07, 6.45) is 7.37. The monoisotopic (exact) mass is 446 g/mol. The van der Waals surface area contributed by atoms with Gasteiger partial charge in [-0.2, -0.15) is 5.10 Å². The number of nitrogens with zero attached hydrogens (tertiary/aromatic N) is 4. The molecule has 0 amide bonds. The lowest BCUT2D eigenvalue weighted by Gasteiger charge is -2.16. The maximum Gasteiger partial charge on any atom is 0.433 e. The predicted octanol–water partition coefficient (Wildman–Crippen LogP) is 5.99. The second-order valence-corrected chi connectivity index (χ2v) is 8.68. The molecule has 1 fully saturated rings. The van der Waals surface area contributed by atoms with E-state index in [9.17, 15) is 10.1 Å². The van der Waals surface area contributed by atoms with Crippen LogP contribution in [0, 0.1) is 10.1 Å². The van der Waals surface area contributed by atoms with Crippen molar-refractivity contribution < 1.29 is 9.34 Å². The van der Waals surface area contributed by atoms with Crippen LogP contribution in [0.4, 0.5) is 5.88 Å². The molecule has 8 heteroatoms. The maximum atomic E-state index is 10.9. The number of aromatic nitrogens is 1. The molecule has 0 N–H and O–H groups in total. The highest BCUT2D eigenvalue weighted by atomic mass is 32.1. The summed E-state index contributed by atoms with van der Waals surface area (Å²) in [5.74, 6) is 0.0195. The molecule has 0 unspecified atom stereocenters. The van der Waals surface area contributed by atoms with Gasteiger partial charge in [0, 0.05) is 10.9 Å². The molecule has 2 aromatic heterocycles. The summed E-state index contributed by atoms with van der Waals surface area (Å²) < 4.78 is 7.09. The molecule has 0 bridgehead atoms. The van der Waals surface area contributed by atoms with Gasteiger partial charge in [0.25, 0.3) is 0 Å². The van der Waals surface area contributed by atoms with Crippen molar-refractivity contribution in [2.45, 2.75) is 38.1 Å². The number of nitro groups is 1. The van der Waals surface area contributed by atoms with Gasteiger partial charge in [-0.05, 0) is 29.7 Å². The minimum atomic E-state index is -0.555. The van der Waals surface area contributed by atoms with Crippen molar-refractivity contribution in [1.29, 1.82) is 0 Å². The van der Waals surface area contributed by atoms with Gasteiger partial charge in [-0.15, -0.1) is 11.3 Å². The minimum Gasteiger partial charge on any atom is -0.400 e. The Kier molecular flexibility index (Phi) is 5.68. The summed E-state index contributed by atoms with van der Waals surface area (Å²) in [5.41, 5.74) is 1.99. The fourth-order valence-corrected chi connectivity index (χ4v) is 5.02. The van der Waals surface area contributed by atoms with Crippen LogP contribution in [-0.4, -0.2) is 21.9 Å². The molecule has 5 rings (SSSR count). The predicted molar refractivity (Wildman–Crippen MR) is 126 cm³/mol. The zero-order valence-corrected chi connectivity index (χ0v) is 18.2. The number of hydrogen-bond acceptors (Lipinski definition) is 6. The minimum absolute atomic E-state index is 0.300. The number of thiazole rings is 1. The molecule has 2 heterocycles. The van der Waals surface area contributed by atoms with Crippen LogP contribution in [0.2, 0.25) is 0 Å². The van der Waals surface area contributed by atoms with Gasteiger partial charge in [-0.1, -0.05) is 61.7 Å². The first-order valence-electron chi connectivity index (χ1n) is 10.7. The van der Waals surface area contributed by atoms with Crippen LogP contribution >= 0.6 is 11.3 Å². The third kappa shape index (κ3) is 4.13. The van der Waals surface area contributed by atoms with E-state index in [1.165, 1.54) is 31.5 Å². The Labute approximate surface area is 188 Å². The Bertz CT molecular complexity index is 1350. The largest absolute Gasteiger partial charge is 0.433 e. The summed E-state index contributed by atoms with van der Waals surface area (Å²) in [6.45, 7) is 0. The van der Waals surface area contributed by atoms with Gasteiger partial charge in [0.15, 0.2) is 5.76 Å². The Morgan fingerprint density at radius 2 is 1.88 bits per heavy atom. The molecular weight excluding hydrogens is 424 g/mol. The molecule has 0 radical (unpaired) electrons. The summed E-state index contributed by atoms with van der Waals surface area (Å²) in [7, 11) is 0. The van der Waals surface area contributed by atoms with Crippen LogP contribution in [0.1, 0.15) is 37.9 Å². The summed E-state index contributed by atoms with van der Waals surface area (Å²) >= 11 is 1.56. The lowest BCUT2D eigenvalue weighted by molar-refractivity contribution is -0.402. The van der Waals surface area contributed by atoms with E-state index in [0.29, 0.717) is 11.8 Å². The quantitative estimate of drug-likeness (QED) is 0.214. The van der Waals surface area contributed by atoms with Crippen molar-refractivity contribution >= 4 is 34.2 Å². The average molecular weight is 447 g/mol. The van der Waals surface area contributed by atoms with Crippen molar-refractivity contribution in [3.05, 3.63) is 80.7 Å². The fraction of sp³-hybridized carbons (Fsp3) is 0.250. The number of fused-ring (bicyclic) bond motifs is 1. The molecule has 0 atom stereocenters. The SMILES string of the molecule is O=[N+]([O-])c1ccc(C=Nn2c(-c3cccc4ccccc34)csc2=NC2CCCCC2)o1. The first kappa shape index (κ1) is 20.4. The lowest BCUT2D eigenvalue weighted by Crippen LogP contribution is -2.19. The number of benzene rings is 2. The number of rotatable bonds is 5. The molecular formula is C24H22N4O3S. The number of hydrogen-bond donors (Lipinski definition) is 0. The van der Waals surface area contributed by atoms with E-state index in [-0.39, 0.29) is 5.88 Å². The third-order valence-electron chi connectivity index (χ3n) is 5.71. The molecule has 32 heavy (non-hydrogen) atoms. The van der Waals surface area contributed by atoms with Crippen molar-refractivity contribution in [3.8, 4) is 11.3 Å². The van der Waals surface area contributed by atoms with Gasteiger partial charge in [-0.3, -0.25) is 15.1 Å². The normalized spacial score (nSPS) is 15.7. The Morgan fingerprint density at radius 1 is 1.06 bits per heavy atom. The number of furan rings is 1. The topological polar surface area (TPSA) is 85.9 Å². The van der Waals surface area contributed by atoms with Crippen molar-refractivity contribution in [2.75, 3.05) is 0 Å². The van der Waals surface area contributed by atoms with Gasteiger partial charge < -0.3 is 4.42 Å². The van der Waals surface area contributed by atoms with Crippen LogP contribution in [0.15, 0.2) is 74.5 Å². The van der Waals surface area contributed by atoms with Crippen molar-refractivity contribution in [2.24, 2.45) is 10.1 Å². The van der Waals surface area contributed by atoms with Crippen LogP contribution in [-0.2, 0) is 0 Å². The van der Waals surface area contributed by atoms with Crippen molar-refractivity contribution in [3.63, 3.8) is 0 Å². The molecule has 0 saturated heterocycles. The molecule has 0 spiro atoms. The summed E-state index contributed by atoms with van der Waals surface area (Å²) in [5, 5.41) is 19.9. The molecule has 2 aromatic carbocycles. The maximum absolute atomic E-state index is 10.9. The van der Waals surface area contributed by atoms with E-state index >= 15 is 0 Å². The first-order chi connectivity index (χ1) is 15.7. The molecule has 1 aliphatic rings. The average Bonchev–Trinajstić information content (AvgIpc) is 3.45. The van der Waals surface area contributed by atoms with E-state index < -0.39 is 4.92 Å². The third-order valence-corrected chi connectivity index (χ3v) is 6.54. The highest BCUT2D eigenvalue weighted by Gasteiger charge is 2.15. The van der Waals surface area contributed by atoms with E-state index in [1.807, 2.05) is 22.9 Å². The van der Waals surface area contributed by atoms with E-state index in [0.717, 1.165) is 39.7 Å². The van der Waals surface area contributed by atoms with Crippen LogP contribution < -0.4 is 4.80 Å². The van der Waals surface area contributed by atoms with Crippen LogP contribution in [0.3, 0.4) is 0 Å². The lowest BCUT2D eigenvalue weighted by atomic mass is 9.96. The van der Waals surface area contributed by atoms with Gasteiger partial charge in [0.05, 0.1) is 24.0 Å². The fourth-order valence-electron chi connectivity index (χ4n) is 4.13. The summed E-state index contributed by atoms with van der Waals surface area (Å²) in [6, 6.07) is 17.6. The molecule has 1 saturated carbocycles. The van der Waals surface area contributed by atoms with Gasteiger partial charge >= 0.3 is 5.88 Å². The zero-order valence-electron chi connectivity index (χ0n) is 17.4. The second-order valence-electron chi connectivity index (χ2n) is 7.84. The van der Waals surface area contributed by atoms with E-state index in [2.05, 4.69) is 34.7 Å². The van der Waals surface area contributed by atoms with Gasteiger partial charge in [0.2, 0.25) is 4.80 Å². The Morgan fingerprint density at radius 3 is 2.69 bits per heavy atom. The Balaban J connectivity index is 1.62. The summed E-state index contributed by atoms with van der Waals surface area (Å²) in [4.78, 5) is 16.2. The molecule has 0 aliphatic heterocycles. The second kappa shape index (κ2) is 8.92. The molecule has 1 aliphatic carbocycles. The molecule has 4 aromatic rings. The van der Waals surface area contributed by atoms with Crippen molar-refractivity contribution in [1.82, 2.24) is 4.68 Å². The van der Waals surface area contributed by atoms with Gasteiger partial charge in [-0.25, -0.2) is 4.68 Å². The first-order valence-corrected chi connectivity index (χ1v) is 11.6.